The second-order valence-corrected chi connectivity index (χ2v) is 4.28. The van der Waals surface area contributed by atoms with Gasteiger partial charge in [0, 0.05) is 10.8 Å². The molecule has 0 saturated heterocycles. The van der Waals surface area contributed by atoms with Gasteiger partial charge in [-0.1, -0.05) is 36.4 Å². The molecule has 0 saturated carbocycles. The van der Waals surface area contributed by atoms with Gasteiger partial charge in [-0.25, -0.2) is 4.99 Å². The molecule has 1 heterocycles. The normalized spacial score (nSPS) is 13.6. The lowest BCUT2D eigenvalue weighted by atomic mass is 10.1. The fourth-order valence-corrected chi connectivity index (χ4v) is 2.54. The van der Waals surface area contributed by atoms with Crippen LogP contribution in [0.4, 0.5) is 5.69 Å². The Morgan fingerprint density at radius 3 is 2.94 bits per heavy atom. The van der Waals surface area contributed by atoms with Crippen LogP contribution in [0, 0.1) is 10.4 Å². The molecule has 4 rings (SSSR count). The van der Waals surface area contributed by atoms with Crippen molar-refractivity contribution in [3.63, 3.8) is 0 Å². The van der Waals surface area contributed by atoms with Crippen molar-refractivity contribution in [2.45, 2.75) is 0 Å². The van der Waals surface area contributed by atoms with Crippen LogP contribution >= 0.6 is 0 Å². The third kappa shape index (κ3) is 1.02. The van der Waals surface area contributed by atoms with E-state index < -0.39 is 0 Å². The van der Waals surface area contributed by atoms with Crippen LogP contribution in [0.2, 0.25) is 0 Å². The van der Waals surface area contributed by atoms with Crippen molar-refractivity contribution >= 4 is 17.8 Å². The minimum Gasteiger partial charge on any atom is -0.507 e. The van der Waals surface area contributed by atoms with Gasteiger partial charge in [-0.15, -0.1) is 0 Å². The minimum atomic E-state index is 0.312. The fraction of sp³-hybridized carbons (Fsp3) is 0. The molecular weight excluding hydrogens is 210 g/mol. The first kappa shape index (κ1) is 8.76. The first-order valence-electron chi connectivity index (χ1n) is 5.57. The number of rotatable bonds is 0. The van der Waals surface area contributed by atoms with E-state index in [-0.39, 0.29) is 0 Å². The number of hydrogen-bond donors (Lipinski definition) is 1. The maximum absolute atomic E-state index is 10.1. The lowest BCUT2D eigenvalue weighted by Gasteiger charge is -2.00. The lowest BCUT2D eigenvalue weighted by molar-refractivity contribution is 0.471. The molecule has 17 heavy (non-hydrogen) atoms. The third-order valence-electron chi connectivity index (χ3n) is 3.30. The fourth-order valence-electron chi connectivity index (χ4n) is 2.54. The number of benzene rings is 2. The maximum atomic E-state index is 10.1. The first-order valence-corrected chi connectivity index (χ1v) is 5.57. The Bertz CT molecular complexity index is 892. The minimum absolute atomic E-state index is 0.312. The number of phenols is 1. The van der Waals surface area contributed by atoms with Crippen LogP contribution in [0.1, 0.15) is 5.56 Å². The first-order chi connectivity index (χ1) is 8.34. The lowest BCUT2D eigenvalue weighted by Crippen LogP contribution is -2.01. The highest BCUT2D eigenvalue weighted by atomic mass is 16.3. The zero-order valence-corrected chi connectivity index (χ0v) is 9.01. The number of aromatic hydroxyl groups is 1. The molecule has 0 spiro atoms. The molecule has 2 aromatic carbocycles. The Morgan fingerprint density at radius 1 is 1.12 bits per heavy atom. The molecule has 0 radical (unpaired) electrons. The van der Waals surface area contributed by atoms with E-state index in [0.29, 0.717) is 5.75 Å². The molecular formula is C15H9NO. The summed E-state index contributed by atoms with van der Waals surface area (Å²) in [6.45, 7) is 0. The van der Waals surface area contributed by atoms with Gasteiger partial charge in [0.1, 0.15) is 5.75 Å². The third-order valence-corrected chi connectivity index (χ3v) is 3.30. The number of phenolic OH excluding ortho intramolecular Hbond substituents is 1. The number of hydrogen-bond acceptors (Lipinski definition) is 2. The van der Waals surface area contributed by atoms with Gasteiger partial charge in [-0.2, -0.15) is 0 Å². The smallest absolute Gasteiger partial charge is 0.126 e. The molecule has 0 fully saturated rings. The van der Waals surface area contributed by atoms with Crippen LogP contribution in [0.25, 0.3) is 12.2 Å². The Morgan fingerprint density at radius 2 is 2.00 bits per heavy atom. The number of allylic oxidation sites excluding steroid dienone is 1. The van der Waals surface area contributed by atoms with E-state index in [4.69, 9.17) is 0 Å². The summed E-state index contributed by atoms with van der Waals surface area (Å²) in [7, 11) is 0. The molecule has 0 aromatic heterocycles. The van der Waals surface area contributed by atoms with E-state index in [2.05, 4.69) is 4.99 Å². The predicted octanol–water partition coefficient (Wildman–Crippen LogP) is 1.75. The summed E-state index contributed by atoms with van der Waals surface area (Å²) >= 11 is 0. The largest absolute Gasteiger partial charge is 0.507 e. The van der Waals surface area contributed by atoms with E-state index in [9.17, 15) is 5.11 Å². The Balaban J connectivity index is 2.39. The van der Waals surface area contributed by atoms with Crippen LogP contribution in [0.5, 0.6) is 5.75 Å². The molecule has 0 bridgehead atoms. The van der Waals surface area contributed by atoms with Gasteiger partial charge in [0.05, 0.1) is 16.3 Å². The number of nitrogens with zero attached hydrogens (tertiary/aromatic N) is 1. The molecule has 2 aliphatic rings. The Kier molecular flexibility index (Phi) is 1.47. The van der Waals surface area contributed by atoms with Crippen molar-refractivity contribution < 1.29 is 5.11 Å². The quantitative estimate of drug-likeness (QED) is 0.614. The average Bonchev–Trinajstić information content (AvgIpc) is 2.91. The number of fused-ring (bicyclic) bond motifs is 4. The Labute approximate surface area is 97.2 Å². The molecule has 80 valence electrons. The van der Waals surface area contributed by atoms with E-state index in [0.717, 1.165) is 32.3 Å². The summed E-state index contributed by atoms with van der Waals surface area (Å²) in [6.07, 6.45) is 6.03. The monoisotopic (exact) mass is 219 g/mol. The van der Waals surface area contributed by atoms with Crippen LogP contribution in [-0.2, 0) is 0 Å². The van der Waals surface area contributed by atoms with Crippen molar-refractivity contribution in [3.05, 3.63) is 63.0 Å². The number of para-hydroxylation sites is 1. The SMILES string of the molecule is Oc1cc2c(c3c1=c1ccccc1=N3)C=CC=2. The van der Waals surface area contributed by atoms with Crippen molar-refractivity contribution in [1.29, 1.82) is 0 Å². The van der Waals surface area contributed by atoms with E-state index in [1.807, 2.05) is 48.6 Å². The summed E-state index contributed by atoms with van der Waals surface area (Å²) in [5, 5.41) is 14.0. The standard InChI is InChI=1S/C15H9NO/c17-13-8-9-4-3-6-10(9)15-14(13)11-5-1-2-7-12(11)16-15/h1-8,17H. The molecule has 2 nitrogen and oxygen atoms in total. The van der Waals surface area contributed by atoms with Crippen LogP contribution < -0.4 is 10.6 Å². The summed E-state index contributed by atoms with van der Waals surface area (Å²) in [6, 6.07) is 9.72. The highest BCUT2D eigenvalue weighted by molar-refractivity contribution is 5.76. The van der Waals surface area contributed by atoms with E-state index in [1.54, 1.807) is 0 Å². The molecule has 1 N–H and O–H groups in total. The van der Waals surface area contributed by atoms with Gasteiger partial charge in [0.2, 0.25) is 0 Å². The topological polar surface area (TPSA) is 32.6 Å². The van der Waals surface area contributed by atoms with Gasteiger partial charge >= 0.3 is 0 Å². The van der Waals surface area contributed by atoms with Crippen molar-refractivity contribution in [2.24, 2.45) is 4.99 Å². The van der Waals surface area contributed by atoms with Crippen molar-refractivity contribution in [3.8, 4) is 5.75 Å². The van der Waals surface area contributed by atoms with Gasteiger partial charge in [-0.05, 0) is 17.4 Å². The second-order valence-electron chi connectivity index (χ2n) is 4.28. The van der Waals surface area contributed by atoms with Crippen LogP contribution in [-0.4, -0.2) is 5.11 Å². The highest BCUT2D eigenvalue weighted by Gasteiger charge is 2.14. The zero-order chi connectivity index (χ0) is 11.4. The van der Waals surface area contributed by atoms with Crippen molar-refractivity contribution in [2.75, 3.05) is 0 Å². The summed E-state index contributed by atoms with van der Waals surface area (Å²) in [5.74, 6) is 0.312. The summed E-state index contributed by atoms with van der Waals surface area (Å²) in [5.41, 5.74) is 2.00. The maximum Gasteiger partial charge on any atom is 0.126 e. The zero-order valence-electron chi connectivity index (χ0n) is 9.01. The van der Waals surface area contributed by atoms with Crippen molar-refractivity contribution in [1.82, 2.24) is 0 Å². The molecule has 1 aliphatic carbocycles. The Hall–Kier alpha value is -2.35. The molecule has 2 heteroatoms. The van der Waals surface area contributed by atoms with Crippen LogP contribution in [0.3, 0.4) is 0 Å². The van der Waals surface area contributed by atoms with Gasteiger partial charge in [-0.3, -0.25) is 0 Å². The van der Waals surface area contributed by atoms with Crippen LogP contribution in [0.15, 0.2) is 41.4 Å². The molecule has 0 amide bonds. The van der Waals surface area contributed by atoms with E-state index in [1.165, 1.54) is 0 Å². The average molecular weight is 219 g/mol. The molecule has 0 atom stereocenters. The molecule has 2 aromatic rings. The van der Waals surface area contributed by atoms with E-state index >= 15 is 0 Å². The summed E-state index contributed by atoms with van der Waals surface area (Å²) < 4.78 is 0. The van der Waals surface area contributed by atoms with Gasteiger partial charge in [0.25, 0.3) is 0 Å². The molecule has 0 unspecified atom stereocenters. The van der Waals surface area contributed by atoms with Gasteiger partial charge in [0.15, 0.2) is 0 Å². The van der Waals surface area contributed by atoms with Gasteiger partial charge < -0.3 is 5.11 Å². The second kappa shape index (κ2) is 2.86. The summed E-state index contributed by atoms with van der Waals surface area (Å²) in [4.78, 5) is 4.62. The molecule has 1 aliphatic heterocycles. The predicted molar refractivity (Wildman–Crippen MR) is 66.2 cm³/mol. The highest BCUT2D eigenvalue weighted by Crippen LogP contribution is 2.29.